The monoisotopic (exact) mass is 1370 g/mol. The molecule has 0 aromatic heterocycles. The lowest BCUT2D eigenvalue weighted by molar-refractivity contribution is -0.162. The topological polar surface area (TPSA) is 321 Å². The van der Waals surface area contributed by atoms with Gasteiger partial charge in [-0.3, -0.25) is 39.0 Å². The number of urea groups is 1. The van der Waals surface area contributed by atoms with Crippen molar-refractivity contribution in [3.05, 3.63) is 46.5 Å². The van der Waals surface area contributed by atoms with E-state index in [0.29, 0.717) is 108 Å². The number of carbonyl (C=O) groups is 9. The number of rotatable bonds is 29. The van der Waals surface area contributed by atoms with E-state index < -0.39 is 83.2 Å². The van der Waals surface area contributed by atoms with Crippen LogP contribution in [0.4, 0.5) is 15.3 Å². The van der Waals surface area contributed by atoms with E-state index in [0.717, 1.165) is 36.2 Å². The fourth-order valence-electron chi connectivity index (χ4n) is 13.1. The summed E-state index contributed by atoms with van der Waals surface area (Å²) in [5.74, 6) is -1.71. The summed E-state index contributed by atoms with van der Waals surface area (Å²) in [5, 5.41) is 26.1. The van der Waals surface area contributed by atoms with E-state index in [9.17, 15) is 48.3 Å². The number of allylic oxidation sites excluding steroid dienone is 3. The van der Waals surface area contributed by atoms with Gasteiger partial charge in [-0.25, -0.2) is 14.4 Å². The normalized spacial score (nSPS) is 30.6. The van der Waals surface area contributed by atoms with Gasteiger partial charge in [-0.15, -0.1) is 11.8 Å². The number of likely N-dealkylation sites (tertiary alicyclic amines) is 1. The number of hydrogen-bond acceptors (Lipinski definition) is 20. The molecule has 1 saturated carbocycles. The van der Waals surface area contributed by atoms with E-state index in [2.05, 4.69) is 26.6 Å². The summed E-state index contributed by atoms with van der Waals surface area (Å²) in [5.41, 5.74) is -1.21. The van der Waals surface area contributed by atoms with Crippen molar-refractivity contribution in [1.29, 1.82) is 0 Å². The molecule has 9 amide bonds. The van der Waals surface area contributed by atoms with Gasteiger partial charge in [0, 0.05) is 95.1 Å². The van der Waals surface area contributed by atoms with Gasteiger partial charge in [-0.1, -0.05) is 48.7 Å². The van der Waals surface area contributed by atoms with Crippen LogP contribution in [0, 0.1) is 17.8 Å². The van der Waals surface area contributed by atoms with E-state index in [1.54, 1.807) is 45.2 Å². The maximum Gasteiger partial charge on any atom is 0.409 e. The molecule has 1 aliphatic carbocycles. The van der Waals surface area contributed by atoms with Crippen LogP contribution in [-0.2, 0) is 73.1 Å². The number of likely N-dealkylation sites (N-methyl/N-ethyl adjacent to an activating group) is 1. The Kier molecular flexibility index (Phi) is 27.2. The number of benzene rings is 1. The molecule has 8 rings (SSSR count). The molecule has 0 spiro atoms. The van der Waals surface area contributed by atoms with Crippen molar-refractivity contribution < 1.29 is 86.2 Å². The molecule has 94 heavy (non-hydrogen) atoms. The smallest absolute Gasteiger partial charge is 0.409 e. The van der Waals surface area contributed by atoms with Gasteiger partial charge in [0.2, 0.25) is 35.4 Å². The Bertz CT molecular complexity index is 2940. The van der Waals surface area contributed by atoms with Crippen molar-refractivity contribution in [1.82, 2.24) is 36.4 Å². The van der Waals surface area contributed by atoms with Gasteiger partial charge in [0.15, 0.2) is 5.72 Å². The van der Waals surface area contributed by atoms with Crippen molar-refractivity contribution in [3.8, 4) is 5.75 Å². The van der Waals surface area contributed by atoms with Crippen LogP contribution in [0.2, 0.25) is 5.02 Å². The number of alkyl carbamates (subject to hydrolysis) is 1. The summed E-state index contributed by atoms with van der Waals surface area (Å²) in [6.45, 7) is 10.1. The molecule has 0 radical (unpaired) electrons. The van der Waals surface area contributed by atoms with Gasteiger partial charge < -0.3 is 74.1 Å². The molecule has 12 atom stereocenters. The Morgan fingerprint density at radius 1 is 0.936 bits per heavy atom. The maximum atomic E-state index is 14.4. The zero-order valence-corrected chi connectivity index (χ0v) is 57.6. The molecule has 6 aliphatic heterocycles. The molecule has 6 heterocycles. The van der Waals surface area contributed by atoms with Gasteiger partial charge in [0.05, 0.1) is 82.3 Å². The highest BCUT2D eigenvalue weighted by atomic mass is 35.5. The lowest BCUT2D eigenvalue weighted by Crippen LogP contribution is -2.63. The van der Waals surface area contributed by atoms with E-state index in [-0.39, 0.29) is 90.2 Å². The predicted octanol–water partition coefficient (Wildman–Crippen LogP) is 4.58. The highest BCUT2D eigenvalue weighted by molar-refractivity contribution is 8.00. The van der Waals surface area contributed by atoms with Crippen molar-refractivity contribution in [2.45, 2.75) is 176 Å². The maximum absolute atomic E-state index is 14.4. The van der Waals surface area contributed by atoms with Crippen LogP contribution in [0.25, 0.3) is 0 Å². The molecular formula is C65H95ClN8O18S2. The number of fused-ring (bicyclic) bond motifs is 6. The first-order valence-corrected chi connectivity index (χ1v) is 35.2. The van der Waals surface area contributed by atoms with Gasteiger partial charge in [-0.05, 0) is 89.3 Å². The number of thioether (sulfide) groups is 2. The third kappa shape index (κ3) is 19.5. The van der Waals surface area contributed by atoms with E-state index in [1.807, 2.05) is 24.8 Å². The molecule has 6 fully saturated rings. The van der Waals surface area contributed by atoms with Gasteiger partial charge >= 0.3 is 18.1 Å². The quantitative estimate of drug-likeness (QED) is 0.0210. The zero-order valence-electron chi connectivity index (χ0n) is 55.2. The van der Waals surface area contributed by atoms with E-state index in [4.69, 9.17) is 49.5 Å². The number of carbonyl (C=O) groups excluding carboxylic acids is 9. The number of halogens is 1. The second-order valence-electron chi connectivity index (χ2n) is 25.6. The molecule has 29 heteroatoms. The minimum absolute atomic E-state index is 0.00182. The molecule has 7 aliphatic rings. The number of hydrogen-bond donors (Lipinski definition) is 6. The molecule has 26 nitrogen and oxygen atoms in total. The van der Waals surface area contributed by atoms with Crippen LogP contribution >= 0.6 is 35.1 Å². The molecular weight excluding hydrogens is 1280 g/mol. The predicted molar refractivity (Wildman–Crippen MR) is 351 cm³/mol. The first-order valence-electron chi connectivity index (χ1n) is 32.7. The largest absolute Gasteiger partial charge is 0.495 e. The second-order valence-corrected chi connectivity index (χ2v) is 28.6. The molecule has 1 aromatic carbocycles. The summed E-state index contributed by atoms with van der Waals surface area (Å²) < 4.78 is 46.3. The number of nitrogens with zero attached hydrogens (tertiary/aromatic N) is 3. The lowest BCUT2D eigenvalue weighted by Gasteiger charge is -2.42. The van der Waals surface area contributed by atoms with Gasteiger partial charge in [0.1, 0.15) is 40.7 Å². The zero-order chi connectivity index (χ0) is 67.9. The number of imide groups is 1. The lowest BCUT2D eigenvalue weighted by atomic mass is 9.81. The van der Waals surface area contributed by atoms with Crippen LogP contribution in [0.5, 0.6) is 5.75 Å². The summed E-state index contributed by atoms with van der Waals surface area (Å²) in [7, 11) is 5.88. The van der Waals surface area contributed by atoms with Gasteiger partial charge in [0.25, 0.3) is 0 Å². The minimum Gasteiger partial charge on any atom is -0.495 e. The number of aliphatic hydroxyl groups is 1. The van der Waals surface area contributed by atoms with Crippen molar-refractivity contribution in [2.75, 3.05) is 104 Å². The van der Waals surface area contributed by atoms with E-state index >= 15 is 0 Å². The first-order chi connectivity index (χ1) is 44.9. The SMILES string of the molecule is COc1cc2cc(c1Cl)N(C)C(=O)C[C@H](OC(=O)[C@@H](C)N(C)C(=O)CCSC1CC(=O)N(CC3CCC(C(=O)NCCOCCOCCOCCNC(=O)CCCC[C@@H]4SC[C@@H]5NC(=O)N[C@@H]54)CC3)C1=O)[C@@]1(C)O[C@H]1[C@H](C)C1C[C@@](O)(NC(=O)O1)[C@H](OC)/C=C/C=C(\C)C2. The summed E-state index contributed by atoms with van der Waals surface area (Å²) in [6, 6.07) is 2.69. The number of anilines is 1. The van der Waals surface area contributed by atoms with Crippen LogP contribution < -0.4 is 36.2 Å². The van der Waals surface area contributed by atoms with Crippen LogP contribution in [0.1, 0.15) is 110 Å². The van der Waals surface area contributed by atoms with Crippen molar-refractivity contribution in [3.63, 3.8) is 0 Å². The number of ether oxygens (including phenoxy) is 8. The van der Waals surface area contributed by atoms with Crippen molar-refractivity contribution in [2.24, 2.45) is 17.8 Å². The molecule has 1 aromatic rings. The van der Waals surface area contributed by atoms with Crippen molar-refractivity contribution >= 4 is 94.3 Å². The van der Waals surface area contributed by atoms with Crippen LogP contribution in [-0.4, -0.2) is 232 Å². The minimum atomic E-state index is -1.89. The standard InChI is InChI=1S/C65H95ClN8O18S2/c1-38-12-11-14-50(86-8)65(84)35-47(90-63(83)71-65)39(2)58-64(4,92-58)51(34-54(77)73(6)45-31-42(30-38)32-46(85-7)56(45)66)91-61(81)40(3)72(5)53(76)20-29-93-49-33-55(78)74(60(49)80)36-41-16-18-43(19-17-41)59(79)68-22-24-88-26-28-89-27-25-87-23-21-67-52(75)15-10-9-13-48-57-44(37-94-48)69-62(82)70-57/h11-12,14,31-32,39-41,43-44,47-51,57-58,84H,9-10,13,15-30,33-37H2,1-8H3,(H,67,75)(H,68,79)(H,71,83)(H2,69,70,82)/b14-11+,38-12+/t39-,40-,41?,43?,44+,47?,48+,49?,50-,51+,57+,58+,64-,65+/m1/s1. The Labute approximate surface area is 563 Å². The Morgan fingerprint density at radius 2 is 1.64 bits per heavy atom. The van der Waals surface area contributed by atoms with E-state index in [1.165, 1.54) is 54.7 Å². The molecule has 2 unspecified atom stereocenters. The Hall–Kier alpha value is -5.72. The summed E-state index contributed by atoms with van der Waals surface area (Å²) in [6.07, 6.45) is 6.02. The third-order valence-corrected chi connectivity index (χ3v) is 22.1. The van der Waals surface area contributed by atoms with Gasteiger partial charge in [-0.2, -0.15) is 11.8 Å². The molecule has 5 saturated heterocycles. The Balaban J connectivity index is 0.713. The average Bonchev–Trinajstić information content (AvgIpc) is 1.57. The van der Waals surface area contributed by atoms with Crippen LogP contribution in [0.15, 0.2) is 35.9 Å². The fraction of sp³-hybridized carbons (Fsp3) is 0.708. The highest BCUT2D eigenvalue weighted by Gasteiger charge is 2.64. The number of epoxide rings is 1. The van der Waals surface area contributed by atoms with Crippen LogP contribution in [0.3, 0.4) is 0 Å². The number of esters is 1. The number of unbranched alkanes of at least 4 members (excludes halogenated alkanes) is 1. The number of nitrogens with one attached hydrogen (secondary N) is 5. The summed E-state index contributed by atoms with van der Waals surface area (Å²) in [4.78, 5) is 123. The second kappa shape index (κ2) is 34.5. The molecule has 522 valence electrons. The highest BCUT2D eigenvalue weighted by Crippen LogP contribution is 2.49. The Morgan fingerprint density at radius 3 is 2.34 bits per heavy atom. The molecule has 4 bridgehead atoms. The average molecular weight is 1380 g/mol. The summed E-state index contributed by atoms with van der Waals surface area (Å²) >= 11 is 9.93. The third-order valence-electron chi connectivity index (χ3n) is 19.0. The molecule has 6 N–H and O–H groups in total. The number of methoxy groups -OCH3 is 2. The first kappa shape index (κ1) is 74.1. The number of amides is 9. The fourth-order valence-corrected chi connectivity index (χ4v) is 16.0.